The smallest absolute Gasteiger partial charge is 0.243 e. The molecule has 2 fully saturated rings. The number of halogens is 2. The highest BCUT2D eigenvalue weighted by Crippen LogP contribution is 2.35. The van der Waals surface area contributed by atoms with E-state index < -0.39 is 15.9 Å². The number of amides is 1. The van der Waals surface area contributed by atoms with Crippen molar-refractivity contribution in [1.82, 2.24) is 4.31 Å². The maximum Gasteiger partial charge on any atom is 0.243 e. The molecular formula is C22H25Cl2N3O4S. The van der Waals surface area contributed by atoms with Crippen molar-refractivity contribution in [1.29, 1.82) is 0 Å². The number of hydrogen-bond acceptors (Lipinski definition) is 5. The van der Waals surface area contributed by atoms with Crippen LogP contribution in [0.4, 0.5) is 11.4 Å². The topological polar surface area (TPSA) is 79.0 Å². The summed E-state index contributed by atoms with van der Waals surface area (Å²) in [6.45, 7) is 3.07. The molecule has 2 aliphatic rings. The fourth-order valence-electron chi connectivity index (χ4n) is 4.09. The lowest BCUT2D eigenvalue weighted by Gasteiger charge is -2.33. The maximum atomic E-state index is 13.1. The summed E-state index contributed by atoms with van der Waals surface area (Å²) >= 11 is 12.4. The van der Waals surface area contributed by atoms with Gasteiger partial charge < -0.3 is 15.0 Å². The number of anilines is 2. The number of carbonyl (C=O) groups excluding carboxylic acids is 1. The minimum atomic E-state index is -3.70. The molecule has 0 radical (unpaired) electrons. The number of morpholine rings is 1. The van der Waals surface area contributed by atoms with Crippen molar-refractivity contribution < 1.29 is 17.9 Å². The fraction of sp³-hybridized carbons (Fsp3) is 0.409. The molecule has 2 aliphatic heterocycles. The molecule has 0 aliphatic carbocycles. The van der Waals surface area contributed by atoms with Gasteiger partial charge in [0.15, 0.2) is 0 Å². The van der Waals surface area contributed by atoms with Crippen LogP contribution in [-0.4, -0.2) is 58.0 Å². The van der Waals surface area contributed by atoms with Crippen molar-refractivity contribution in [3.05, 3.63) is 52.5 Å². The lowest BCUT2D eigenvalue weighted by Crippen LogP contribution is -2.44. The van der Waals surface area contributed by atoms with Crippen LogP contribution in [0.15, 0.2) is 47.4 Å². The lowest BCUT2D eigenvalue weighted by atomic mass is 9.98. The number of benzene rings is 2. The van der Waals surface area contributed by atoms with Crippen LogP contribution in [-0.2, 0) is 19.6 Å². The molecule has 1 unspecified atom stereocenters. The van der Waals surface area contributed by atoms with E-state index in [-0.39, 0.29) is 17.3 Å². The molecule has 2 heterocycles. The van der Waals surface area contributed by atoms with Gasteiger partial charge in [-0.2, -0.15) is 4.31 Å². The second-order valence-corrected chi connectivity index (χ2v) is 10.7. The second kappa shape index (κ2) is 9.97. The largest absolute Gasteiger partial charge is 0.378 e. The third-order valence-electron chi connectivity index (χ3n) is 5.78. The predicted octanol–water partition coefficient (Wildman–Crippen LogP) is 3.87. The molecule has 1 amide bonds. The van der Waals surface area contributed by atoms with E-state index in [1.54, 1.807) is 24.3 Å². The normalized spacial score (nSPS) is 20.2. The van der Waals surface area contributed by atoms with Crippen molar-refractivity contribution in [3.63, 3.8) is 0 Å². The van der Waals surface area contributed by atoms with Gasteiger partial charge in [0.05, 0.1) is 40.4 Å². The Balaban J connectivity index is 1.50. The highest BCUT2D eigenvalue weighted by molar-refractivity contribution is 7.89. The van der Waals surface area contributed by atoms with E-state index in [9.17, 15) is 13.2 Å². The molecule has 0 aromatic heterocycles. The first-order valence-corrected chi connectivity index (χ1v) is 12.7. The summed E-state index contributed by atoms with van der Waals surface area (Å²) in [6.07, 6.45) is 1.22. The first-order valence-electron chi connectivity index (χ1n) is 10.5. The molecule has 10 heteroatoms. The molecule has 7 nitrogen and oxygen atoms in total. The van der Waals surface area contributed by atoms with Gasteiger partial charge in [0.2, 0.25) is 15.9 Å². The van der Waals surface area contributed by atoms with Crippen molar-refractivity contribution in [2.24, 2.45) is 5.92 Å². The number of nitrogens with one attached hydrogen (secondary N) is 1. The highest BCUT2D eigenvalue weighted by atomic mass is 35.5. The van der Waals surface area contributed by atoms with Crippen LogP contribution in [0.25, 0.3) is 0 Å². The molecular weight excluding hydrogens is 473 g/mol. The van der Waals surface area contributed by atoms with E-state index in [1.165, 1.54) is 16.4 Å². The zero-order chi connectivity index (χ0) is 22.7. The van der Waals surface area contributed by atoms with E-state index in [1.807, 2.05) is 6.07 Å². The summed E-state index contributed by atoms with van der Waals surface area (Å²) < 4.78 is 32.9. The van der Waals surface area contributed by atoms with E-state index in [4.69, 9.17) is 27.9 Å². The van der Waals surface area contributed by atoms with Crippen molar-refractivity contribution >= 4 is 50.5 Å². The van der Waals surface area contributed by atoms with Crippen molar-refractivity contribution in [2.45, 2.75) is 17.7 Å². The second-order valence-electron chi connectivity index (χ2n) is 7.88. The monoisotopic (exact) mass is 497 g/mol. The Kier molecular flexibility index (Phi) is 7.27. The molecule has 1 N–H and O–H groups in total. The van der Waals surface area contributed by atoms with Crippen LogP contribution >= 0.6 is 23.2 Å². The summed E-state index contributed by atoms with van der Waals surface area (Å²) in [5, 5.41) is 4.02. The van der Waals surface area contributed by atoms with Crippen molar-refractivity contribution in [2.75, 3.05) is 49.6 Å². The third kappa shape index (κ3) is 5.05. The van der Waals surface area contributed by atoms with Gasteiger partial charge in [0.1, 0.15) is 0 Å². The summed E-state index contributed by atoms with van der Waals surface area (Å²) in [6, 6.07) is 11.5. The zero-order valence-corrected chi connectivity index (χ0v) is 19.8. The lowest BCUT2D eigenvalue weighted by molar-refractivity contribution is -0.120. The van der Waals surface area contributed by atoms with Gasteiger partial charge >= 0.3 is 0 Å². The molecule has 2 aromatic carbocycles. The Hall–Kier alpha value is -1.84. The number of carbonyl (C=O) groups is 1. The van der Waals surface area contributed by atoms with Crippen LogP contribution in [0, 0.1) is 5.92 Å². The van der Waals surface area contributed by atoms with Gasteiger partial charge in [-0.3, -0.25) is 4.79 Å². The highest BCUT2D eigenvalue weighted by Gasteiger charge is 2.33. The molecule has 172 valence electrons. The number of hydrogen-bond donors (Lipinski definition) is 1. The molecule has 4 rings (SSSR count). The Morgan fingerprint density at radius 1 is 1.03 bits per heavy atom. The maximum absolute atomic E-state index is 13.1. The first kappa shape index (κ1) is 23.3. The summed E-state index contributed by atoms with van der Waals surface area (Å²) in [5.41, 5.74) is 1.40. The van der Waals surface area contributed by atoms with Gasteiger partial charge in [-0.05, 0) is 49.2 Å². The Bertz CT molecular complexity index is 1070. The zero-order valence-electron chi connectivity index (χ0n) is 17.5. The number of para-hydroxylation sites is 1. The Morgan fingerprint density at radius 2 is 1.75 bits per heavy atom. The van der Waals surface area contributed by atoms with E-state index in [0.717, 1.165) is 5.69 Å². The SMILES string of the molecule is O=C(Nc1cccc(Cl)c1N1CCOCC1)C1CCCN(S(=O)(=O)c2ccc(Cl)cc2)C1. The number of rotatable bonds is 5. The minimum absolute atomic E-state index is 0.129. The van der Waals surface area contributed by atoms with Crippen LogP contribution in [0.3, 0.4) is 0 Å². The Labute approximate surface area is 198 Å². The number of ether oxygens (including phenoxy) is 1. The summed E-state index contributed by atoms with van der Waals surface area (Å²) in [5.74, 6) is -0.667. The third-order valence-corrected chi connectivity index (χ3v) is 8.21. The predicted molar refractivity (Wildman–Crippen MR) is 126 cm³/mol. The minimum Gasteiger partial charge on any atom is -0.378 e. The van der Waals surface area contributed by atoms with Crippen LogP contribution in [0.5, 0.6) is 0 Å². The van der Waals surface area contributed by atoms with E-state index in [2.05, 4.69) is 10.2 Å². The van der Waals surface area contributed by atoms with E-state index in [0.29, 0.717) is 61.4 Å². The van der Waals surface area contributed by atoms with Gasteiger partial charge in [-0.15, -0.1) is 0 Å². The summed E-state index contributed by atoms with van der Waals surface area (Å²) in [4.78, 5) is 15.4. The van der Waals surface area contributed by atoms with Crippen LogP contribution in [0.1, 0.15) is 12.8 Å². The first-order chi connectivity index (χ1) is 15.4. The number of nitrogens with zero attached hydrogens (tertiary/aromatic N) is 2. The molecule has 0 bridgehead atoms. The van der Waals surface area contributed by atoms with Gasteiger partial charge in [-0.1, -0.05) is 29.3 Å². The molecule has 32 heavy (non-hydrogen) atoms. The summed E-state index contributed by atoms with van der Waals surface area (Å²) in [7, 11) is -3.70. The van der Waals surface area contributed by atoms with Crippen LogP contribution < -0.4 is 10.2 Å². The number of sulfonamides is 1. The molecule has 2 saturated heterocycles. The molecule has 1 atom stereocenters. The van der Waals surface area contributed by atoms with E-state index >= 15 is 0 Å². The average Bonchev–Trinajstić information content (AvgIpc) is 2.80. The van der Waals surface area contributed by atoms with Crippen molar-refractivity contribution in [3.8, 4) is 0 Å². The Morgan fingerprint density at radius 3 is 2.47 bits per heavy atom. The van der Waals surface area contributed by atoms with Crippen LogP contribution in [0.2, 0.25) is 10.0 Å². The molecule has 0 saturated carbocycles. The standard InChI is InChI=1S/C22H25Cl2N3O4S/c23-17-6-8-18(9-7-17)32(29,30)27-10-2-3-16(15-27)22(28)25-20-5-1-4-19(24)21(20)26-11-13-31-14-12-26/h1,4-9,16H,2-3,10-15H2,(H,25,28). The quantitative estimate of drug-likeness (QED) is 0.678. The fourth-order valence-corrected chi connectivity index (χ4v) is 6.03. The number of piperidine rings is 1. The average molecular weight is 498 g/mol. The van der Waals surface area contributed by atoms with Gasteiger partial charge in [-0.25, -0.2) is 8.42 Å². The molecule has 2 aromatic rings. The molecule has 0 spiro atoms. The van der Waals surface area contributed by atoms with Gasteiger partial charge in [0, 0.05) is 31.2 Å². The van der Waals surface area contributed by atoms with Gasteiger partial charge in [0.25, 0.3) is 0 Å².